The van der Waals surface area contributed by atoms with Gasteiger partial charge in [0.05, 0.1) is 0 Å². The van der Waals surface area contributed by atoms with E-state index < -0.39 is 32.0 Å². The molecule has 0 spiro atoms. The molecule has 4 atom stereocenters. The summed E-state index contributed by atoms with van der Waals surface area (Å²) < 4.78 is 13.8. The fourth-order valence-corrected chi connectivity index (χ4v) is 3.54. The Bertz CT molecular complexity index is 339. The van der Waals surface area contributed by atoms with Crippen molar-refractivity contribution in [2.45, 2.75) is 13.0 Å². The number of aliphatic carboxylic acids is 2. The SMILES string of the molecule is CC(C(=O)O)N1N(CC(=O)O)P1(C)=O.[Rf].[Rf]. The second-order valence-electron chi connectivity index (χ2n) is 3.09. The molecule has 0 radical (unpaired) electrons. The Morgan fingerprint density at radius 3 is 2.06 bits per heavy atom. The molecule has 1 heterocycles. The van der Waals surface area contributed by atoms with Crippen molar-refractivity contribution in [2.24, 2.45) is 0 Å². The van der Waals surface area contributed by atoms with Crippen LogP contribution in [0.3, 0.4) is 0 Å². The molecular weight excluding hydrogens is 745 g/mol. The number of hydrogen-bond donors (Lipinski definition) is 2. The third-order valence-corrected chi connectivity index (χ3v) is 4.35. The van der Waals surface area contributed by atoms with Gasteiger partial charge in [0.1, 0.15) is 12.6 Å². The molecule has 1 saturated heterocycles. The zero-order valence-corrected chi connectivity index (χ0v) is 22.9. The van der Waals surface area contributed by atoms with Crippen LogP contribution < -0.4 is 0 Å². The summed E-state index contributed by atoms with van der Waals surface area (Å²) in [5, 5.41) is 17.1. The van der Waals surface area contributed by atoms with E-state index in [0.717, 1.165) is 9.56 Å². The van der Waals surface area contributed by atoms with Crippen molar-refractivity contribution in [1.29, 1.82) is 0 Å². The van der Waals surface area contributed by atoms with Gasteiger partial charge >= 0.3 is 11.9 Å². The molecule has 0 aliphatic carbocycles. The molecule has 10 heteroatoms. The molecule has 2 N–H and O–H groups in total. The second-order valence-corrected chi connectivity index (χ2v) is 5.64. The van der Waals surface area contributed by atoms with Gasteiger partial charge in [-0.15, -0.1) is 0 Å². The summed E-state index contributed by atoms with van der Waals surface area (Å²) >= 11 is 0. The van der Waals surface area contributed by atoms with Crippen molar-refractivity contribution in [3.8, 4) is 0 Å². The molecule has 0 aromatic carbocycles. The van der Waals surface area contributed by atoms with E-state index in [0.29, 0.717) is 0 Å². The van der Waals surface area contributed by atoms with Gasteiger partial charge in [-0.2, -0.15) is 9.56 Å². The summed E-state index contributed by atoms with van der Waals surface area (Å²) in [6.07, 6.45) is 0. The maximum atomic E-state index is 11.6. The van der Waals surface area contributed by atoms with Gasteiger partial charge in [-0.1, -0.05) is 0 Å². The van der Waals surface area contributed by atoms with E-state index in [4.69, 9.17) is 10.2 Å². The standard InChI is InChI=1S/C6H11N2O5P.2Rf/c1-4(6(11)12)8-7(3-5(9)10)14(8,2)13;;/h4H,3H2,1-2H3,(H,9,10)(H,11,12);;. The van der Waals surface area contributed by atoms with E-state index >= 15 is 0 Å². The number of hydrazine groups is 1. The monoisotopic (exact) mass is 756 g/mol. The molecule has 0 amide bonds. The van der Waals surface area contributed by atoms with E-state index in [2.05, 4.69) is 0 Å². The van der Waals surface area contributed by atoms with E-state index in [-0.39, 0.29) is 0 Å². The van der Waals surface area contributed by atoms with Crippen LogP contribution in [0.2, 0.25) is 0 Å². The molecule has 0 aromatic rings. The Morgan fingerprint density at radius 2 is 1.75 bits per heavy atom. The summed E-state index contributed by atoms with van der Waals surface area (Å²) in [7, 11) is -2.87. The zero-order valence-electron chi connectivity index (χ0n) is 9.16. The van der Waals surface area contributed by atoms with Gasteiger partial charge in [-0.25, -0.2) is 0 Å². The van der Waals surface area contributed by atoms with Crippen LogP contribution >= 0.6 is 7.44 Å². The summed E-state index contributed by atoms with van der Waals surface area (Å²) in [5.74, 6) is -2.26. The Kier molecular flexibility index (Phi) is 3.97. The largest absolute Gasteiger partial charge is 0.480 e. The first-order chi connectivity index (χ1) is 6.28. The fraction of sp³-hybridized carbons (Fsp3) is 0.667. The third kappa shape index (κ3) is 2.12. The molecule has 0 bridgehead atoms. The van der Waals surface area contributed by atoms with E-state index in [1.54, 1.807) is 0 Å². The van der Waals surface area contributed by atoms with Gasteiger partial charge < -0.3 is 10.2 Å². The fourth-order valence-electron chi connectivity index (χ4n) is 1.25. The van der Waals surface area contributed by atoms with Crippen LogP contribution in [0, 0.1) is 0 Å². The summed E-state index contributed by atoms with van der Waals surface area (Å²) in [6, 6.07) is -0.954. The van der Waals surface area contributed by atoms with Crippen LogP contribution in [0.25, 0.3) is 0 Å². The van der Waals surface area contributed by atoms with Crippen LogP contribution in [0.15, 0.2) is 0 Å². The molecule has 1 rings (SSSR count). The quantitative estimate of drug-likeness (QED) is 0.306. The molecule has 1 aliphatic rings. The molecule has 4 unspecified atom stereocenters. The molecule has 0 saturated carbocycles. The predicted octanol–water partition coefficient (Wildman–Crippen LogP) is -0.100. The number of carboxylic acid groups (broad SMARTS) is 2. The van der Waals surface area contributed by atoms with E-state index in [1.807, 2.05) is 0 Å². The first-order valence-electron chi connectivity index (χ1n) is 3.88. The smallest absolute Gasteiger partial charge is 0.322 e. The maximum Gasteiger partial charge on any atom is 0.322 e. The van der Waals surface area contributed by atoms with Crippen LogP contribution in [-0.2, 0) is 14.2 Å². The number of rotatable bonds is 4. The average molecular weight is 756 g/mol. The summed E-state index contributed by atoms with van der Waals surface area (Å²) in [5.41, 5.74) is 0. The minimum atomic E-state index is -2.87. The number of nitrogens with zero attached hydrogens (tertiary/aromatic N) is 2. The van der Waals surface area contributed by atoms with E-state index in [1.165, 1.54) is 13.6 Å². The summed E-state index contributed by atoms with van der Waals surface area (Å²) in [6.45, 7) is 2.28. The molecule has 7 nitrogen and oxygen atoms in total. The molecule has 1 fully saturated rings. The normalized spacial score (nSPS) is 32.9. The first-order valence-corrected chi connectivity index (χ1v) is 5.94. The molecule has 16 heavy (non-hydrogen) atoms. The van der Waals surface area contributed by atoms with Crippen LogP contribution in [-0.4, -0.2) is 51.0 Å². The van der Waals surface area contributed by atoms with E-state index in [9.17, 15) is 14.2 Å². The molecule has 1 aliphatic heterocycles. The average Bonchev–Trinajstić information content (AvgIpc) is 2.50. The maximum absolute atomic E-state index is 11.6. The van der Waals surface area contributed by atoms with Gasteiger partial charge in [0.25, 0.3) is 0 Å². The van der Waals surface area contributed by atoms with Gasteiger partial charge in [0.15, 0.2) is 0 Å². The van der Waals surface area contributed by atoms with Gasteiger partial charge in [0, 0.05) is 6.66 Å². The van der Waals surface area contributed by atoms with Gasteiger partial charge in [-0.05, 0) is 6.92 Å². The Balaban J connectivity index is 0. The molecular formula is C6H11N2O5PRf2. The van der Waals surface area contributed by atoms with Crippen molar-refractivity contribution < 1.29 is 24.4 Å². The van der Waals surface area contributed by atoms with Crippen molar-refractivity contribution >= 4 is 19.4 Å². The minimum Gasteiger partial charge on any atom is -0.480 e. The topological polar surface area (TPSA) is 97.7 Å². The number of hydrogen-bond acceptors (Lipinski definition) is 3. The predicted molar refractivity (Wildman–Crippen MR) is 46.8 cm³/mol. The minimum absolute atomic E-state index is 0. The molecule has 0 aromatic heterocycles. The van der Waals surface area contributed by atoms with Crippen LogP contribution in [0.5, 0.6) is 0 Å². The third-order valence-electron chi connectivity index (χ3n) is 2.00. The summed E-state index contributed by atoms with van der Waals surface area (Å²) in [4.78, 5) is 20.9. The van der Waals surface area contributed by atoms with Crippen molar-refractivity contribution in [3.63, 3.8) is 0 Å². The van der Waals surface area contributed by atoms with Crippen LogP contribution in [0.1, 0.15) is 6.92 Å². The molecule has 84 valence electrons. The first kappa shape index (κ1) is 15.6. The number of carboxylic acids is 2. The second kappa shape index (κ2) is 4.08. The Morgan fingerprint density at radius 1 is 1.31 bits per heavy atom. The zero-order chi connectivity index (χ0) is 11.1. The Hall–Kier alpha value is -2.91. The van der Waals surface area contributed by atoms with Crippen molar-refractivity contribution in [1.82, 2.24) is 9.56 Å². The Labute approximate surface area is 80.4 Å². The van der Waals surface area contributed by atoms with Crippen LogP contribution in [0.4, 0.5) is 0 Å². The van der Waals surface area contributed by atoms with Crippen molar-refractivity contribution in [3.05, 3.63) is 0 Å². The van der Waals surface area contributed by atoms with Gasteiger partial charge in [0.2, 0.25) is 7.44 Å². The number of carbonyl (C=O) groups is 2. The van der Waals surface area contributed by atoms with Gasteiger partial charge in [-0.3, -0.25) is 14.2 Å². The van der Waals surface area contributed by atoms with Crippen molar-refractivity contribution in [2.75, 3.05) is 13.2 Å².